The van der Waals surface area contributed by atoms with Gasteiger partial charge in [-0.1, -0.05) is 17.7 Å². The minimum atomic E-state index is -0.368. The van der Waals surface area contributed by atoms with Gasteiger partial charge in [-0.25, -0.2) is 5.43 Å². The summed E-state index contributed by atoms with van der Waals surface area (Å²) >= 11 is 7.39. The van der Waals surface area contributed by atoms with Crippen LogP contribution < -0.4 is 10.2 Å². The van der Waals surface area contributed by atoms with E-state index < -0.39 is 0 Å². The van der Waals surface area contributed by atoms with E-state index in [4.69, 9.17) is 16.3 Å². The topological polar surface area (TPSA) is 50.7 Å². The fourth-order valence-corrected chi connectivity index (χ4v) is 2.19. The fraction of sp³-hybridized carbons (Fsp3) is 0.0769. The molecule has 0 saturated carbocycles. The largest absolute Gasteiger partial charge is 0.496 e. The monoisotopic (exact) mass is 294 g/mol. The van der Waals surface area contributed by atoms with Crippen LogP contribution in [0, 0.1) is 0 Å². The SMILES string of the molecule is COc1ccc(Cl)cc1C(=O)NN=Cc1cccs1. The van der Waals surface area contributed by atoms with E-state index >= 15 is 0 Å². The van der Waals surface area contributed by atoms with E-state index in [1.54, 1.807) is 18.3 Å². The number of carbonyl (C=O) groups excluding carboxylic acids is 1. The van der Waals surface area contributed by atoms with Crippen molar-refractivity contribution in [2.24, 2.45) is 5.10 Å². The summed E-state index contributed by atoms with van der Waals surface area (Å²) in [6.07, 6.45) is 1.58. The van der Waals surface area contributed by atoms with E-state index in [-0.39, 0.29) is 5.91 Å². The first-order valence-corrected chi connectivity index (χ1v) is 6.67. The van der Waals surface area contributed by atoms with Crippen LogP contribution in [-0.2, 0) is 0 Å². The van der Waals surface area contributed by atoms with Gasteiger partial charge in [-0.15, -0.1) is 11.3 Å². The Balaban J connectivity index is 2.09. The number of methoxy groups -OCH3 is 1. The first kappa shape index (κ1) is 13.6. The summed E-state index contributed by atoms with van der Waals surface area (Å²) in [5, 5.41) is 6.28. The zero-order valence-electron chi connectivity index (χ0n) is 10.1. The van der Waals surface area contributed by atoms with Crippen LogP contribution in [0.25, 0.3) is 0 Å². The molecule has 0 atom stereocenters. The number of ether oxygens (including phenoxy) is 1. The molecule has 0 aliphatic carbocycles. The summed E-state index contributed by atoms with van der Waals surface area (Å²) in [5.41, 5.74) is 2.78. The maximum absolute atomic E-state index is 11.9. The molecule has 0 spiro atoms. The number of hydrogen-bond acceptors (Lipinski definition) is 4. The number of thiophene rings is 1. The van der Waals surface area contributed by atoms with Crippen molar-refractivity contribution in [2.45, 2.75) is 0 Å². The van der Waals surface area contributed by atoms with Crippen molar-refractivity contribution >= 4 is 35.1 Å². The van der Waals surface area contributed by atoms with Crippen LogP contribution in [0.5, 0.6) is 5.75 Å². The Kier molecular flexibility index (Phi) is 4.54. The molecule has 0 aliphatic heterocycles. The van der Waals surface area contributed by atoms with E-state index in [0.29, 0.717) is 16.3 Å². The Morgan fingerprint density at radius 2 is 2.32 bits per heavy atom. The molecule has 1 N–H and O–H groups in total. The number of rotatable bonds is 4. The lowest BCUT2D eigenvalue weighted by Gasteiger charge is -2.06. The highest BCUT2D eigenvalue weighted by molar-refractivity contribution is 7.11. The Morgan fingerprint density at radius 1 is 1.47 bits per heavy atom. The van der Waals surface area contributed by atoms with Gasteiger partial charge in [0.05, 0.1) is 18.9 Å². The van der Waals surface area contributed by atoms with Gasteiger partial charge < -0.3 is 4.74 Å². The smallest absolute Gasteiger partial charge is 0.275 e. The van der Waals surface area contributed by atoms with E-state index in [1.807, 2.05) is 17.5 Å². The second-order valence-corrected chi connectivity index (χ2v) is 4.97. The van der Waals surface area contributed by atoms with E-state index in [9.17, 15) is 4.79 Å². The van der Waals surface area contributed by atoms with Crippen molar-refractivity contribution in [3.8, 4) is 5.75 Å². The number of amides is 1. The molecule has 1 amide bonds. The standard InChI is InChI=1S/C13H11ClN2O2S/c1-18-12-5-4-9(14)7-11(12)13(17)16-15-8-10-3-2-6-19-10/h2-8H,1H3,(H,16,17). The summed E-state index contributed by atoms with van der Waals surface area (Å²) in [7, 11) is 1.49. The normalized spacial score (nSPS) is 10.6. The van der Waals surface area contributed by atoms with Crippen molar-refractivity contribution in [3.05, 3.63) is 51.2 Å². The summed E-state index contributed by atoms with van der Waals surface area (Å²) in [6, 6.07) is 8.65. The average molecular weight is 295 g/mol. The molecule has 98 valence electrons. The van der Waals surface area contributed by atoms with Gasteiger partial charge in [-0.3, -0.25) is 4.79 Å². The maximum Gasteiger partial charge on any atom is 0.275 e. The van der Waals surface area contributed by atoms with Crippen LogP contribution in [0.1, 0.15) is 15.2 Å². The molecule has 0 aliphatic rings. The number of benzene rings is 1. The van der Waals surface area contributed by atoms with E-state index in [2.05, 4.69) is 10.5 Å². The fourth-order valence-electron chi connectivity index (χ4n) is 1.44. The molecule has 0 bridgehead atoms. The molecule has 0 radical (unpaired) electrons. The number of hydrogen-bond donors (Lipinski definition) is 1. The number of hydrazone groups is 1. The highest BCUT2D eigenvalue weighted by Gasteiger charge is 2.11. The lowest BCUT2D eigenvalue weighted by atomic mass is 10.2. The minimum absolute atomic E-state index is 0.346. The summed E-state index contributed by atoms with van der Waals surface area (Å²) in [5.74, 6) is 0.0837. The van der Waals surface area contributed by atoms with Crippen molar-refractivity contribution in [1.29, 1.82) is 0 Å². The number of nitrogens with one attached hydrogen (secondary N) is 1. The third-order valence-electron chi connectivity index (χ3n) is 2.31. The quantitative estimate of drug-likeness (QED) is 0.695. The van der Waals surface area contributed by atoms with E-state index in [0.717, 1.165) is 4.88 Å². The van der Waals surface area contributed by atoms with Crippen molar-refractivity contribution in [2.75, 3.05) is 7.11 Å². The van der Waals surface area contributed by atoms with Crippen LogP contribution in [0.4, 0.5) is 0 Å². The van der Waals surface area contributed by atoms with Gasteiger partial charge in [0.1, 0.15) is 5.75 Å². The molecule has 0 saturated heterocycles. The molecule has 1 aromatic carbocycles. The summed E-state index contributed by atoms with van der Waals surface area (Å²) < 4.78 is 5.10. The van der Waals surface area contributed by atoms with Crippen molar-refractivity contribution < 1.29 is 9.53 Å². The third-order valence-corrected chi connectivity index (χ3v) is 3.35. The molecule has 4 nitrogen and oxygen atoms in total. The van der Waals surface area contributed by atoms with Crippen LogP contribution >= 0.6 is 22.9 Å². The van der Waals surface area contributed by atoms with Gasteiger partial charge >= 0.3 is 0 Å². The molecule has 0 unspecified atom stereocenters. The Labute approximate surface area is 119 Å². The van der Waals surface area contributed by atoms with Crippen LogP contribution in [0.2, 0.25) is 5.02 Å². The van der Waals surface area contributed by atoms with Gasteiger partial charge in [0.15, 0.2) is 0 Å². The zero-order chi connectivity index (χ0) is 13.7. The lowest BCUT2D eigenvalue weighted by Crippen LogP contribution is -2.18. The molecule has 1 heterocycles. The number of halogens is 1. The predicted octanol–water partition coefficient (Wildman–Crippen LogP) is 3.17. The lowest BCUT2D eigenvalue weighted by molar-refractivity contribution is 0.0952. The number of carbonyl (C=O) groups is 1. The second-order valence-electron chi connectivity index (χ2n) is 3.56. The summed E-state index contributed by atoms with van der Waals surface area (Å²) in [4.78, 5) is 12.9. The van der Waals surface area contributed by atoms with Crippen molar-refractivity contribution in [3.63, 3.8) is 0 Å². The summed E-state index contributed by atoms with van der Waals surface area (Å²) in [6.45, 7) is 0. The highest BCUT2D eigenvalue weighted by atomic mass is 35.5. The molecule has 1 aromatic heterocycles. The van der Waals surface area contributed by atoms with Gasteiger partial charge in [-0.2, -0.15) is 5.10 Å². The van der Waals surface area contributed by atoms with Crippen molar-refractivity contribution in [1.82, 2.24) is 5.43 Å². The van der Waals surface area contributed by atoms with Gasteiger partial charge in [0, 0.05) is 9.90 Å². The average Bonchev–Trinajstić information content (AvgIpc) is 2.91. The van der Waals surface area contributed by atoms with Gasteiger partial charge in [0.25, 0.3) is 5.91 Å². The Hall–Kier alpha value is -1.85. The van der Waals surface area contributed by atoms with Gasteiger partial charge in [0.2, 0.25) is 0 Å². The third kappa shape index (κ3) is 3.56. The number of nitrogens with zero attached hydrogens (tertiary/aromatic N) is 1. The highest BCUT2D eigenvalue weighted by Crippen LogP contribution is 2.22. The molecule has 2 aromatic rings. The molecule has 19 heavy (non-hydrogen) atoms. The molecular weight excluding hydrogens is 284 g/mol. The predicted molar refractivity (Wildman–Crippen MR) is 77.4 cm³/mol. The first-order chi connectivity index (χ1) is 9.20. The van der Waals surface area contributed by atoms with E-state index in [1.165, 1.54) is 24.5 Å². The Bertz CT molecular complexity index is 597. The second kappa shape index (κ2) is 6.36. The van der Waals surface area contributed by atoms with Crippen LogP contribution in [0.15, 0.2) is 40.8 Å². The Morgan fingerprint density at radius 3 is 3.00 bits per heavy atom. The first-order valence-electron chi connectivity index (χ1n) is 5.41. The maximum atomic E-state index is 11.9. The molecule has 2 rings (SSSR count). The molecule has 0 fully saturated rings. The molecule has 6 heteroatoms. The zero-order valence-corrected chi connectivity index (χ0v) is 11.7. The minimum Gasteiger partial charge on any atom is -0.496 e. The van der Waals surface area contributed by atoms with Gasteiger partial charge in [-0.05, 0) is 29.6 Å². The molecular formula is C13H11ClN2O2S. The van der Waals surface area contributed by atoms with Crippen LogP contribution in [-0.4, -0.2) is 19.2 Å². The van der Waals surface area contributed by atoms with Crippen LogP contribution in [0.3, 0.4) is 0 Å².